The number of nitrogens with one attached hydrogen (secondary N) is 1. The third-order valence-electron chi connectivity index (χ3n) is 1.37. The Morgan fingerprint density at radius 3 is 2.33 bits per heavy atom. The van der Waals surface area contributed by atoms with Gasteiger partial charge in [-0.3, -0.25) is 0 Å². The first-order valence-corrected chi connectivity index (χ1v) is 5.12. The summed E-state index contributed by atoms with van der Waals surface area (Å²) in [7, 11) is 0. The minimum absolute atomic E-state index is 0.246. The molecule has 15 heavy (non-hydrogen) atoms. The summed E-state index contributed by atoms with van der Waals surface area (Å²) < 4.78 is 0. The van der Waals surface area contributed by atoms with E-state index in [-0.39, 0.29) is 6.61 Å². The maximum atomic E-state index is 9.04. The Morgan fingerprint density at radius 2 is 2.00 bits per heavy atom. The molecule has 0 aliphatic heterocycles. The Morgan fingerprint density at radius 1 is 1.47 bits per heavy atom. The van der Waals surface area contributed by atoms with Crippen molar-refractivity contribution in [1.82, 2.24) is 5.32 Å². The lowest BCUT2D eigenvalue weighted by atomic mass is 10.2. The van der Waals surface area contributed by atoms with E-state index in [1.165, 1.54) is 0 Å². The van der Waals surface area contributed by atoms with Gasteiger partial charge in [0.1, 0.15) is 0 Å². The van der Waals surface area contributed by atoms with Crippen LogP contribution in [-0.2, 0) is 0 Å². The van der Waals surface area contributed by atoms with Gasteiger partial charge in [0.2, 0.25) is 0 Å². The smallest absolute Gasteiger partial charge is 0.0942 e. The summed E-state index contributed by atoms with van der Waals surface area (Å²) in [4.78, 5) is 0. The van der Waals surface area contributed by atoms with E-state index in [2.05, 4.69) is 18.5 Å². The van der Waals surface area contributed by atoms with Crippen LogP contribution in [0, 0.1) is 0 Å². The predicted octanol–water partition coefficient (Wildman–Crippen LogP) is 1.60. The molecule has 0 aliphatic carbocycles. The summed E-state index contributed by atoms with van der Waals surface area (Å²) in [5, 5.41) is 20.5. The van der Waals surface area contributed by atoms with Crippen LogP contribution in [0.2, 0.25) is 0 Å². The number of aliphatic hydroxyl groups is 2. The Bertz CT molecular complexity index is 210. The van der Waals surface area contributed by atoms with Crippen molar-refractivity contribution in [1.29, 1.82) is 0 Å². The van der Waals surface area contributed by atoms with Gasteiger partial charge < -0.3 is 15.5 Å². The first kappa shape index (κ1) is 16.4. The zero-order valence-electron chi connectivity index (χ0n) is 9.95. The van der Waals surface area contributed by atoms with Crippen LogP contribution in [0.25, 0.3) is 0 Å². The Hall–Kier alpha value is -1.06. The van der Waals surface area contributed by atoms with Crippen LogP contribution in [0.4, 0.5) is 0 Å². The molecule has 0 radical (unpaired) electrons. The summed E-state index contributed by atoms with van der Waals surface area (Å²) in [6.07, 6.45) is 2.71. The second-order valence-corrected chi connectivity index (χ2v) is 2.87. The molecule has 0 saturated carbocycles. The number of rotatable bonds is 6. The molecule has 0 aromatic heterocycles. The van der Waals surface area contributed by atoms with E-state index < -0.39 is 6.10 Å². The lowest BCUT2D eigenvalue weighted by molar-refractivity contribution is 0.0967. The summed E-state index contributed by atoms with van der Waals surface area (Å²) in [6, 6.07) is 0. The SMILES string of the molecule is C=C/C(=C\C(=C)C)NCC(O)CO.CC. The Balaban J connectivity index is 0. The molecule has 0 fully saturated rings. The van der Waals surface area contributed by atoms with E-state index >= 15 is 0 Å². The van der Waals surface area contributed by atoms with Crippen molar-refractivity contribution in [2.75, 3.05) is 13.2 Å². The van der Waals surface area contributed by atoms with Crippen molar-refractivity contribution in [3.8, 4) is 0 Å². The van der Waals surface area contributed by atoms with E-state index in [0.717, 1.165) is 11.3 Å². The van der Waals surface area contributed by atoms with Gasteiger partial charge in [0, 0.05) is 12.2 Å². The van der Waals surface area contributed by atoms with Gasteiger partial charge in [0.25, 0.3) is 0 Å². The highest BCUT2D eigenvalue weighted by Gasteiger charge is 2.00. The molecule has 3 heteroatoms. The normalized spacial score (nSPS) is 12.2. The third kappa shape index (κ3) is 10.9. The number of hydrogen-bond donors (Lipinski definition) is 3. The quantitative estimate of drug-likeness (QED) is 0.587. The van der Waals surface area contributed by atoms with E-state index in [0.29, 0.717) is 6.54 Å². The lowest BCUT2D eigenvalue weighted by Crippen LogP contribution is -2.28. The first-order chi connectivity index (χ1) is 7.10. The number of allylic oxidation sites excluding steroid dienone is 3. The maximum Gasteiger partial charge on any atom is 0.0942 e. The molecule has 1 unspecified atom stereocenters. The van der Waals surface area contributed by atoms with E-state index in [9.17, 15) is 0 Å². The second kappa shape index (κ2) is 11.0. The summed E-state index contributed by atoms with van der Waals surface area (Å²) in [5.74, 6) is 0. The first-order valence-electron chi connectivity index (χ1n) is 5.12. The van der Waals surface area contributed by atoms with Gasteiger partial charge in [-0.1, -0.05) is 32.6 Å². The van der Waals surface area contributed by atoms with Crippen LogP contribution < -0.4 is 5.32 Å². The fraction of sp³-hybridized carbons (Fsp3) is 0.500. The molecular formula is C12H23NO2. The van der Waals surface area contributed by atoms with Crippen molar-refractivity contribution >= 4 is 0 Å². The molecule has 0 heterocycles. The van der Waals surface area contributed by atoms with Gasteiger partial charge in [-0.15, -0.1) is 0 Å². The Labute approximate surface area is 92.8 Å². The highest BCUT2D eigenvalue weighted by Crippen LogP contribution is 1.97. The molecule has 0 saturated heterocycles. The van der Waals surface area contributed by atoms with Gasteiger partial charge in [0.15, 0.2) is 0 Å². The second-order valence-electron chi connectivity index (χ2n) is 2.87. The highest BCUT2D eigenvalue weighted by atomic mass is 16.3. The molecule has 88 valence electrons. The van der Waals surface area contributed by atoms with Gasteiger partial charge in [-0.05, 0) is 19.1 Å². The fourth-order valence-electron chi connectivity index (χ4n) is 0.748. The van der Waals surface area contributed by atoms with Gasteiger partial charge in [-0.2, -0.15) is 0 Å². The van der Waals surface area contributed by atoms with Crippen molar-refractivity contribution in [3.05, 3.63) is 36.6 Å². The molecule has 1 atom stereocenters. The van der Waals surface area contributed by atoms with Crippen LogP contribution in [0.1, 0.15) is 20.8 Å². The van der Waals surface area contributed by atoms with Gasteiger partial charge in [-0.25, -0.2) is 0 Å². The molecule has 0 bridgehead atoms. The standard InChI is InChI=1S/C10H17NO2.C2H6/c1-4-9(5-8(2)3)11-6-10(13)7-12;1-2/h4-5,10-13H,1-2,6-7H2,3H3;1-2H3/b9-5+;. The summed E-state index contributed by atoms with van der Waals surface area (Å²) in [6.45, 7) is 13.2. The largest absolute Gasteiger partial charge is 0.394 e. The van der Waals surface area contributed by atoms with E-state index in [4.69, 9.17) is 10.2 Å². The third-order valence-corrected chi connectivity index (χ3v) is 1.37. The molecule has 0 aromatic rings. The van der Waals surface area contributed by atoms with Crippen LogP contribution >= 0.6 is 0 Å². The van der Waals surface area contributed by atoms with Crippen LogP contribution in [0.15, 0.2) is 36.6 Å². The molecule has 0 amide bonds. The van der Waals surface area contributed by atoms with E-state index in [1.54, 1.807) is 6.08 Å². The maximum absolute atomic E-state index is 9.04. The van der Waals surface area contributed by atoms with E-state index in [1.807, 2.05) is 26.8 Å². The molecule has 0 spiro atoms. The highest BCUT2D eigenvalue weighted by molar-refractivity contribution is 5.24. The zero-order valence-corrected chi connectivity index (χ0v) is 9.95. The lowest BCUT2D eigenvalue weighted by Gasteiger charge is -2.10. The van der Waals surface area contributed by atoms with Crippen molar-refractivity contribution in [2.24, 2.45) is 0 Å². The molecule has 0 aromatic carbocycles. The molecule has 0 aliphatic rings. The summed E-state index contributed by atoms with van der Waals surface area (Å²) in [5.41, 5.74) is 1.70. The van der Waals surface area contributed by atoms with Gasteiger partial charge >= 0.3 is 0 Å². The average molecular weight is 213 g/mol. The fourth-order valence-corrected chi connectivity index (χ4v) is 0.748. The van der Waals surface area contributed by atoms with Crippen LogP contribution in [0.3, 0.4) is 0 Å². The zero-order chi connectivity index (χ0) is 12.3. The van der Waals surface area contributed by atoms with Crippen molar-refractivity contribution < 1.29 is 10.2 Å². The van der Waals surface area contributed by atoms with Crippen LogP contribution in [-0.4, -0.2) is 29.5 Å². The molecule has 3 N–H and O–H groups in total. The minimum Gasteiger partial charge on any atom is -0.394 e. The predicted molar refractivity (Wildman–Crippen MR) is 65.5 cm³/mol. The number of hydrogen-bond acceptors (Lipinski definition) is 3. The topological polar surface area (TPSA) is 52.5 Å². The van der Waals surface area contributed by atoms with Crippen LogP contribution in [0.5, 0.6) is 0 Å². The van der Waals surface area contributed by atoms with Gasteiger partial charge in [0.05, 0.1) is 12.7 Å². The minimum atomic E-state index is -0.742. The van der Waals surface area contributed by atoms with Crippen molar-refractivity contribution in [2.45, 2.75) is 26.9 Å². The molecule has 0 rings (SSSR count). The molecular weight excluding hydrogens is 190 g/mol. The Kier molecular flexibility index (Phi) is 12.0. The van der Waals surface area contributed by atoms with Crippen molar-refractivity contribution in [3.63, 3.8) is 0 Å². The summed E-state index contributed by atoms with van der Waals surface area (Å²) >= 11 is 0. The monoisotopic (exact) mass is 213 g/mol. The molecule has 3 nitrogen and oxygen atoms in total. The number of aliphatic hydroxyl groups excluding tert-OH is 2. The average Bonchev–Trinajstić information content (AvgIpc) is 2.25.